The molecule has 2 aromatic heterocycles. The molecule has 2 heterocycles. The van der Waals surface area contributed by atoms with Gasteiger partial charge in [0.1, 0.15) is 17.5 Å². The summed E-state index contributed by atoms with van der Waals surface area (Å²) in [5, 5.41) is 9.98. The molecule has 26 heavy (non-hydrogen) atoms. The van der Waals surface area contributed by atoms with E-state index < -0.39 is 11.6 Å². The SMILES string of the molecule is O=C(Nc1n[nH]c(Cc2cc(F)cc(F)c2)n1)c1cccc2[nH]ccc12. The minimum atomic E-state index is -0.660. The number of hydrogen-bond donors (Lipinski definition) is 3. The van der Waals surface area contributed by atoms with E-state index in [4.69, 9.17) is 0 Å². The van der Waals surface area contributed by atoms with Gasteiger partial charge in [-0.2, -0.15) is 4.98 Å². The second-order valence-corrected chi connectivity index (χ2v) is 5.76. The van der Waals surface area contributed by atoms with Crippen LogP contribution in [0.2, 0.25) is 0 Å². The standard InChI is InChI=1S/C18H13F2N5O/c19-11-6-10(7-12(20)9-11)8-16-22-18(25-24-16)23-17(26)14-2-1-3-15-13(14)4-5-21-15/h1-7,9,21H,8H2,(H2,22,23,24,25,26). The van der Waals surface area contributed by atoms with Crippen molar-refractivity contribution in [2.24, 2.45) is 0 Å². The second kappa shape index (κ2) is 6.40. The van der Waals surface area contributed by atoms with Gasteiger partial charge in [-0.1, -0.05) is 6.07 Å². The molecule has 4 rings (SSSR count). The Balaban J connectivity index is 1.51. The second-order valence-electron chi connectivity index (χ2n) is 5.76. The topological polar surface area (TPSA) is 86.5 Å². The Morgan fingerprint density at radius 2 is 1.92 bits per heavy atom. The first-order chi connectivity index (χ1) is 12.6. The normalized spacial score (nSPS) is 11.0. The molecule has 0 aliphatic heterocycles. The number of H-pyrrole nitrogens is 2. The molecule has 3 N–H and O–H groups in total. The summed E-state index contributed by atoms with van der Waals surface area (Å²) in [6.45, 7) is 0. The molecule has 0 unspecified atom stereocenters. The number of aromatic nitrogens is 4. The maximum absolute atomic E-state index is 13.3. The number of benzene rings is 2. The van der Waals surface area contributed by atoms with Gasteiger partial charge in [-0.05, 0) is 35.9 Å². The van der Waals surface area contributed by atoms with Crippen LogP contribution in [0.25, 0.3) is 10.9 Å². The zero-order valence-corrected chi connectivity index (χ0v) is 13.4. The van der Waals surface area contributed by atoms with Crippen LogP contribution in [-0.2, 0) is 6.42 Å². The zero-order chi connectivity index (χ0) is 18.1. The fraction of sp³-hybridized carbons (Fsp3) is 0.0556. The summed E-state index contributed by atoms with van der Waals surface area (Å²) in [5.74, 6) is -1.20. The van der Waals surface area contributed by atoms with E-state index in [0.29, 0.717) is 17.0 Å². The van der Waals surface area contributed by atoms with E-state index in [2.05, 4.69) is 25.5 Å². The average molecular weight is 353 g/mol. The van der Waals surface area contributed by atoms with Crippen LogP contribution < -0.4 is 5.32 Å². The van der Waals surface area contributed by atoms with Crippen LogP contribution in [0.1, 0.15) is 21.7 Å². The molecule has 4 aromatic rings. The van der Waals surface area contributed by atoms with E-state index in [-0.39, 0.29) is 18.3 Å². The van der Waals surface area contributed by atoms with Crippen molar-refractivity contribution in [2.45, 2.75) is 6.42 Å². The van der Waals surface area contributed by atoms with E-state index >= 15 is 0 Å². The molecule has 0 fully saturated rings. The summed E-state index contributed by atoms with van der Waals surface area (Å²) in [6, 6.07) is 10.4. The first-order valence-electron chi connectivity index (χ1n) is 7.82. The summed E-state index contributed by atoms with van der Waals surface area (Å²) >= 11 is 0. The Hall–Kier alpha value is -3.55. The van der Waals surface area contributed by atoms with Crippen molar-refractivity contribution in [1.82, 2.24) is 20.2 Å². The van der Waals surface area contributed by atoms with Gasteiger partial charge in [0.25, 0.3) is 5.91 Å². The van der Waals surface area contributed by atoms with Crippen molar-refractivity contribution < 1.29 is 13.6 Å². The lowest BCUT2D eigenvalue weighted by atomic mass is 10.1. The highest BCUT2D eigenvalue weighted by atomic mass is 19.1. The number of anilines is 1. The van der Waals surface area contributed by atoms with Crippen LogP contribution in [0.15, 0.2) is 48.7 Å². The van der Waals surface area contributed by atoms with Gasteiger partial charge in [0.15, 0.2) is 0 Å². The number of halogens is 2. The Morgan fingerprint density at radius 3 is 2.73 bits per heavy atom. The summed E-state index contributed by atoms with van der Waals surface area (Å²) < 4.78 is 26.5. The Labute approximate surface area is 146 Å². The van der Waals surface area contributed by atoms with E-state index in [9.17, 15) is 13.6 Å². The molecule has 1 amide bonds. The van der Waals surface area contributed by atoms with Gasteiger partial charge < -0.3 is 4.98 Å². The lowest BCUT2D eigenvalue weighted by Crippen LogP contribution is -2.13. The molecule has 0 saturated heterocycles. The van der Waals surface area contributed by atoms with Crippen molar-refractivity contribution in [3.8, 4) is 0 Å². The fourth-order valence-corrected chi connectivity index (χ4v) is 2.79. The number of aromatic amines is 2. The fourth-order valence-electron chi connectivity index (χ4n) is 2.79. The number of nitrogens with one attached hydrogen (secondary N) is 3. The van der Waals surface area contributed by atoms with Crippen molar-refractivity contribution >= 4 is 22.8 Å². The molecule has 130 valence electrons. The van der Waals surface area contributed by atoms with E-state index in [1.165, 1.54) is 12.1 Å². The number of amides is 1. The van der Waals surface area contributed by atoms with E-state index in [0.717, 1.165) is 17.0 Å². The third-order valence-corrected chi connectivity index (χ3v) is 3.89. The maximum atomic E-state index is 13.3. The van der Waals surface area contributed by atoms with Gasteiger partial charge in [-0.15, -0.1) is 5.10 Å². The summed E-state index contributed by atoms with van der Waals surface area (Å²) in [7, 11) is 0. The molecule has 0 atom stereocenters. The Bertz CT molecular complexity index is 1080. The van der Waals surface area contributed by atoms with Gasteiger partial charge in [0.05, 0.1) is 0 Å². The lowest BCUT2D eigenvalue weighted by Gasteiger charge is -2.02. The highest BCUT2D eigenvalue weighted by Gasteiger charge is 2.13. The molecular weight excluding hydrogens is 340 g/mol. The third kappa shape index (κ3) is 3.16. The van der Waals surface area contributed by atoms with Crippen LogP contribution in [0.5, 0.6) is 0 Å². The van der Waals surface area contributed by atoms with Gasteiger partial charge in [0.2, 0.25) is 5.95 Å². The molecule has 8 heteroatoms. The molecule has 0 spiro atoms. The Morgan fingerprint density at radius 1 is 1.12 bits per heavy atom. The zero-order valence-electron chi connectivity index (χ0n) is 13.4. The van der Waals surface area contributed by atoms with Crippen LogP contribution in [-0.4, -0.2) is 26.1 Å². The third-order valence-electron chi connectivity index (χ3n) is 3.89. The molecule has 0 radical (unpaired) electrons. The van der Waals surface area contributed by atoms with Crippen molar-refractivity contribution in [1.29, 1.82) is 0 Å². The van der Waals surface area contributed by atoms with E-state index in [1.807, 2.05) is 12.1 Å². The summed E-state index contributed by atoms with van der Waals surface area (Å²) in [5.41, 5.74) is 1.75. The first kappa shape index (κ1) is 15.9. The predicted molar refractivity (Wildman–Crippen MR) is 91.8 cm³/mol. The number of nitrogens with zero attached hydrogens (tertiary/aromatic N) is 2. The smallest absolute Gasteiger partial charge is 0.258 e. The van der Waals surface area contributed by atoms with Gasteiger partial charge in [-0.25, -0.2) is 8.78 Å². The molecule has 0 aliphatic carbocycles. The number of rotatable bonds is 4. The first-order valence-corrected chi connectivity index (χ1v) is 7.82. The van der Waals surface area contributed by atoms with E-state index in [1.54, 1.807) is 18.3 Å². The molecule has 6 nitrogen and oxygen atoms in total. The molecule has 2 aromatic carbocycles. The largest absolute Gasteiger partial charge is 0.361 e. The van der Waals surface area contributed by atoms with Crippen LogP contribution >= 0.6 is 0 Å². The number of carbonyl (C=O) groups excluding carboxylic acids is 1. The van der Waals surface area contributed by atoms with Crippen LogP contribution in [0.3, 0.4) is 0 Å². The monoisotopic (exact) mass is 353 g/mol. The highest BCUT2D eigenvalue weighted by molar-refractivity contribution is 6.11. The van der Waals surface area contributed by atoms with Crippen molar-refractivity contribution in [3.63, 3.8) is 0 Å². The Kier molecular flexibility index (Phi) is 3.92. The van der Waals surface area contributed by atoms with Crippen molar-refractivity contribution in [3.05, 3.63) is 77.2 Å². The van der Waals surface area contributed by atoms with Crippen LogP contribution in [0.4, 0.5) is 14.7 Å². The molecule has 0 saturated carbocycles. The molecular formula is C18H13F2N5O. The minimum absolute atomic E-state index is 0.0920. The minimum Gasteiger partial charge on any atom is -0.361 e. The lowest BCUT2D eigenvalue weighted by molar-refractivity contribution is 0.102. The summed E-state index contributed by atoms with van der Waals surface area (Å²) in [4.78, 5) is 19.7. The number of hydrogen-bond acceptors (Lipinski definition) is 3. The van der Waals surface area contributed by atoms with Crippen molar-refractivity contribution in [2.75, 3.05) is 5.32 Å². The predicted octanol–water partition coefficient (Wildman–Crippen LogP) is 3.41. The highest BCUT2D eigenvalue weighted by Crippen LogP contribution is 2.18. The molecule has 0 aliphatic rings. The number of carbonyl (C=O) groups is 1. The number of fused-ring (bicyclic) bond motifs is 1. The maximum Gasteiger partial charge on any atom is 0.258 e. The summed E-state index contributed by atoms with van der Waals surface area (Å²) in [6.07, 6.45) is 1.91. The van der Waals surface area contributed by atoms with Gasteiger partial charge >= 0.3 is 0 Å². The van der Waals surface area contributed by atoms with Gasteiger partial charge in [0, 0.05) is 35.2 Å². The quantitative estimate of drug-likeness (QED) is 0.525. The average Bonchev–Trinajstić information content (AvgIpc) is 3.22. The van der Waals surface area contributed by atoms with Crippen LogP contribution in [0, 0.1) is 11.6 Å². The van der Waals surface area contributed by atoms with Gasteiger partial charge in [-0.3, -0.25) is 15.2 Å². The molecule has 0 bridgehead atoms.